The van der Waals surface area contributed by atoms with E-state index in [0.29, 0.717) is 5.56 Å². The van der Waals surface area contributed by atoms with E-state index in [4.69, 9.17) is 19.9 Å². The number of aromatic nitrogens is 1. The summed E-state index contributed by atoms with van der Waals surface area (Å²) in [7, 11) is 1.48. The Balaban J connectivity index is 2.26. The summed E-state index contributed by atoms with van der Waals surface area (Å²) in [6, 6.07) is 3.11. The van der Waals surface area contributed by atoms with Crippen molar-refractivity contribution in [2.75, 3.05) is 32.2 Å². The zero-order valence-corrected chi connectivity index (χ0v) is 18.2. The third kappa shape index (κ3) is 6.33. The van der Waals surface area contributed by atoms with E-state index < -0.39 is 23.8 Å². The minimum Gasteiger partial charge on any atom is -0.462 e. The van der Waals surface area contributed by atoms with Crippen LogP contribution in [0.5, 0.6) is 0 Å². The molecular formula is C20H24N3O7S+. The van der Waals surface area contributed by atoms with Gasteiger partial charge in [-0.25, -0.2) is 9.59 Å². The maximum atomic E-state index is 12.6. The lowest BCUT2D eigenvalue weighted by Gasteiger charge is -2.06. The molecule has 31 heavy (non-hydrogen) atoms. The van der Waals surface area contributed by atoms with Crippen LogP contribution >= 0.6 is 11.3 Å². The quantitative estimate of drug-likeness (QED) is 0.314. The summed E-state index contributed by atoms with van der Waals surface area (Å²) in [6.45, 7) is 3.50. The number of hydrogen-bond donors (Lipinski definition) is 2. The summed E-state index contributed by atoms with van der Waals surface area (Å²) < 4.78 is 16.5. The SMILES string of the molecule is CCOC(=O)c1c(NC(=O)C[n+]2cccc(C(N)=O)c2)sc(C(=O)OCCOC)c1C. The second-order valence-electron chi connectivity index (χ2n) is 6.29. The molecule has 2 rings (SSSR count). The molecule has 0 aromatic carbocycles. The monoisotopic (exact) mass is 450 g/mol. The largest absolute Gasteiger partial charge is 0.462 e. The lowest BCUT2D eigenvalue weighted by Crippen LogP contribution is -2.40. The molecule has 2 amide bonds. The van der Waals surface area contributed by atoms with E-state index in [-0.39, 0.29) is 47.4 Å². The molecule has 0 aliphatic rings. The molecule has 0 aliphatic carbocycles. The molecular weight excluding hydrogens is 426 g/mol. The first-order valence-corrected chi connectivity index (χ1v) is 10.1. The second-order valence-corrected chi connectivity index (χ2v) is 7.31. The average Bonchev–Trinajstić information content (AvgIpc) is 3.04. The van der Waals surface area contributed by atoms with Gasteiger partial charge < -0.3 is 25.3 Å². The summed E-state index contributed by atoms with van der Waals surface area (Å²) in [5.41, 5.74) is 5.95. The van der Waals surface area contributed by atoms with Crippen molar-refractivity contribution in [3.63, 3.8) is 0 Å². The van der Waals surface area contributed by atoms with Gasteiger partial charge in [-0.1, -0.05) is 0 Å². The molecule has 11 heteroatoms. The highest BCUT2D eigenvalue weighted by Crippen LogP contribution is 2.34. The van der Waals surface area contributed by atoms with Gasteiger partial charge in [-0.05, 0) is 25.5 Å². The summed E-state index contributed by atoms with van der Waals surface area (Å²) in [5, 5.41) is 2.81. The van der Waals surface area contributed by atoms with E-state index >= 15 is 0 Å². The Hall–Kier alpha value is -3.31. The molecule has 166 valence electrons. The maximum Gasteiger partial charge on any atom is 0.348 e. The molecule has 0 unspecified atom stereocenters. The maximum absolute atomic E-state index is 12.6. The van der Waals surface area contributed by atoms with Gasteiger partial charge >= 0.3 is 11.9 Å². The van der Waals surface area contributed by atoms with Crippen molar-refractivity contribution in [2.45, 2.75) is 20.4 Å². The van der Waals surface area contributed by atoms with Crippen molar-refractivity contribution in [2.24, 2.45) is 5.73 Å². The van der Waals surface area contributed by atoms with Crippen LogP contribution in [-0.2, 0) is 25.5 Å². The van der Waals surface area contributed by atoms with Crippen LogP contribution in [-0.4, -0.2) is 50.7 Å². The molecule has 2 heterocycles. The van der Waals surface area contributed by atoms with Crippen molar-refractivity contribution in [1.29, 1.82) is 0 Å². The zero-order valence-electron chi connectivity index (χ0n) is 17.4. The Morgan fingerprint density at radius 1 is 1.16 bits per heavy atom. The van der Waals surface area contributed by atoms with Crippen molar-refractivity contribution in [3.8, 4) is 0 Å². The van der Waals surface area contributed by atoms with Gasteiger partial charge in [-0.2, -0.15) is 4.57 Å². The Labute approximate surface area is 182 Å². The van der Waals surface area contributed by atoms with Crippen LogP contribution in [0.25, 0.3) is 0 Å². The highest BCUT2D eigenvalue weighted by molar-refractivity contribution is 7.18. The van der Waals surface area contributed by atoms with Crippen molar-refractivity contribution < 1.29 is 38.0 Å². The van der Waals surface area contributed by atoms with Gasteiger partial charge in [0.25, 0.3) is 11.8 Å². The lowest BCUT2D eigenvalue weighted by atomic mass is 10.1. The van der Waals surface area contributed by atoms with E-state index in [1.807, 2.05) is 0 Å². The van der Waals surface area contributed by atoms with E-state index in [1.54, 1.807) is 26.1 Å². The first kappa shape index (κ1) is 24.0. The molecule has 0 aliphatic heterocycles. The Morgan fingerprint density at radius 2 is 1.90 bits per heavy atom. The van der Waals surface area contributed by atoms with Gasteiger partial charge in [-0.3, -0.25) is 9.59 Å². The number of nitrogens with two attached hydrogens (primary N) is 1. The summed E-state index contributed by atoms with van der Waals surface area (Å²) in [6.07, 6.45) is 3.03. The van der Waals surface area contributed by atoms with Crippen LogP contribution in [0.2, 0.25) is 0 Å². The highest BCUT2D eigenvalue weighted by atomic mass is 32.1. The third-order valence-corrected chi connectivity index (χ3v) is 5.24. The minimum absolute atomic E-state index is 0.0515. The lowest BCUT2D eigenvalue weighted by molar-refractivity contribution is -0.684. The standard InChI is InChI=1S/C20H23N3O7S/c1-4-29-19(26)15-12(2)16(20(27)30-9-8-28-3)31-18(15)22-14(24)11-23-7-5-6-13(10-23)17(21)25/h5-7,10H,4,8-9,11H2,1-3H3,(H2-,21,22,24,25,26,27)/p+1. The fraction of sp³-hybridized carbons (Fsp3) is 0.350. The van der Waals surface area contributed by atoms with E-state index in [1.165, 1.54) is 23.9 Å². The third-order valence-electron chi connectivity index (χ3n) is 4.05. The number of rotatable bonds is 10. The number of anilines is 1. The van der Waals surface area contributed by atoms with Crippen LogP contribution in [0.4, 0.5) is 5.00 Å². The number of pyridine rings is 1. The summed E-state index contributed by atoms with van der Waals surface area (Å²) >= 11 is 0.922. The predicted octanol–water partition coefficient (Wildman–Crippen LogP) is 1.06. The normalized spacial score (nSPS) is 10.4. The number of thiophene rings is 1. The Kier molecular flexibility index (Phi) is 8.64. The van der Waals surface area contributed by atoms with Gasteiger partial charge in [0.15, 0.2) is 12.4 Å². The molecule has 0 atom stereocenters. The Morgan fingerprint density at radius 3 is 2.55 bits per heavy atom. The number of carbonyl (C=O) groups is 4. The highest BCUT2D eigenvalue weighted by Gasteiger charge is 2.28. The number of methoxy groups -OCH3 is 1. The van der Waals surface area contributed by atoms with E-state index in [0.717, 1.165) is 11.3 Å². The topological polar surface area (TPSA) is 138 Å². The number of amides is 2. The molecule has 0 bridgehead atoms. The molecule has 10 nitrogen and oxygen atoms in total. The summed E-state index contributed by atoms with van der Waals surface area (Å²) in [4.78, 5) is 48.9. The average molecular weight is 450 g/mol. The van der Waals surface area contributed by atoms with Crippen molar-refractivity contribution in [1.82, 2.24) is 0 Å². The number of carbonyl (C=O) groups excluding carboxylic acids is 4. The first-order valence-electron chi connectivity index (χ1n) is 9.33. The van der Waals surface area contributed by atoms with Gasteiger partial charge in [0.2, 0.25) is 6.54 Å². The van der Waals surface area contributed by atoms with Gasteiger partial charge in [0, 0.05) is 13.2 Å². The van der Waals surface area contributed by atoms with Gasteiger partial charge in [-0.15, -0.1) is 11.3 Å². The predicted molar refractivity (Wildman–Crippen MR) is 111 cm³/mol. The molecule has 0 fully saturated rings. The molecule has 0 radical (unpaired) electrons. The van der Waals surface area contributed by atoms with E-state index in [9.17, 15) is 19.2 Å². The number of hydrogen-bond acceptors (Lipinski definition) is 8. The molecule has 3 N–H and O–H groups in total. The number of ether oxygens (including phenoxy) is 3. The van der Waals surface area contributed by atoms with Crippen LogP contribution in [0.1, 0.15) is 42.9 Å². The molecule has 2 aromatic rings. The molecule has 2 aromatic heterocycles. The number of nitrogens with zero attached hydrogens (tertiary/aromatic N) is 1. The van der Waals surface area contributed by atoms with Gasteiger partial charge in [0.1, 0.15) is 22.0 Å². The van der Waals surface area contributed by atoms with Crippen LogP contribution in [0.3, 0.4) is 0 Å². The number of primary amides is 1. The fourth-order valence-electron chi connectivity index (χ4n) is 2.63. The number of esters is 2. The molecule has 0 saturated carbocycles. The van der Waals surface area contributed by atoms with Crippen LogP contribution in [0.15, 0.2) is 24.5 Å². The van der Waals surface area contributed by atoms with Crippen LogP contribution in [0, 0.1) is 6.92 Å². The smallest absolute Gasteiger partial charge is 0.348 e. The second kappa shape index (κ2) is 11.2. The molecule has 0 spiro atoms. The fourth-order valence-corrected chi connectivity index (χ4v) is 3.73. The van der Waals surface area contributed by atoms with Crippen molar-refractivity contribution >= 4 is 40.1 Å². The van der Waals surface area contributed by atoms with E-state index in [2.05, 4.69) is 5.32 Å². The number of nitrogens with one attached hydrogen (secondary N) is 1. The minimum atomic E-state index is -0.661. The zero-order chi connectivity index (χ0) is 23.0. The molecule has 0 saturated heterocycles. The van der Waals surface area contributed by atoms with Crippen LogP contribution < -0.4 is 15.6 Å². The summed E-state index contributed by atoms with van der Waals surface area (Å²) in [5.74, 6) is -2.39. The Bertz CT molecular complexity index is 987. The first-order chi connectivity index (χ1) is 14.8. The van der Waals surface area contributed by atoms with Crippen molar-refractivity contribution in [3.05, 3.63) is 46.1 Å². The van der Waals surface area contributed by atoms with Gasteiger partial charge in [0.05, 0.1) is 18.8 Å².